The van der Waals surface area contributed by atoms with Gasteiger partial charge in [-0.3, -0.25) is 4.79 Å². The van der Waals surface area contributed by atoms with Gasteiger partial charge in [-0.25, -0.2) is 4.79 Å². The molecular weight excluding hydrogens is 332 g/mol. The van der Waals surface area contributed by atoms with Crippen molar-refractivity contribution in [3.8, 4) is 17.1 Å². The lowest BCUT2D eigenvalue weighted by atomic mass is 10.0. The summed E-state index contributed by atoms with van der Waals surface area (Å²) >= 11 is 0. The molecule has 0 unspecified atom stereocenters. The molecule has 5 nitrogen and oxygen atoms in total. The number of carboxylic acid groups (broad SMARTS) is 1. The predicted octanol–water partition coefficient (Wildman–Crippen LogP) is 4.24. The molecule has 1 N–H and O–H groups in total. The van der Waals surface area contributed by atoms with E-state index in [9.17, 15) is 14.7 Å². The first-order valence-corrected chi connectivity index (χ1v) is 8.32. The van der Waals surface area contributed by atoms with Gasteiger partial charge in [-0.1, -0.05) is 35.9 Å². The van der Waals surface area contributed by atoms with Gasteiger partial charge in [-0.05, 0) is 44.9 Å². The number of benzene rings is 2. The molecule has 5 heteroatoms. The van der Waals surface area contributed by atoms with Crippen LogP contribution in [0.25, 0.3) is 22.3 Å². The van der Waals surface area contributed by atoms with E-state index in [0.29, 0.717) is 16.5 Å². The van der Waals surface area contributed by atoms with Crippen LogP contribution in [0.3, 0.4) is 0 Å². The molecule has 0 radical (unpaired) electrons. The van der Waals surface area contributed by atoms with Crippen LogP contribution in [-0.4, -0.2) is 17.2 Å². The Kier molecular flexibility index (Phi) is 4.55. The summed E-state index contributed by atoms with van der Waals surface area (Å²) in [5, 5.41) is 9.58. The summed E-state index contributed by atoms with van der Waals surface area (Å²) in [5.41, 5.74) is 3.54. The van der Waals surface area contributed by atoms with Gasteiger partial charge in [0.2, 0.25) is 11.2 Å². The molecule has 134 valence electrons. The van der Waals surface area contributed by atoms with Crippen molar-refractivity contribution in [2.45, 2.75) is 33.8 Å². The quantitative estimate of drug-likeness (QED) is 0.760. The highest BCUT2D eigenvalue weighted by Gasteiger charge is 2.23. The second-order valence-electron chi connectivity index (χ2n) is 6.51. The second kappa shape index (κ2) is 6.67. The molecule has 0 aliphatic carbocycles. The van der Waals surface area contributed by atoms with Gasteiger partial charge in [0, 0.05) is 5.56 Å². The Bertz CT molecular complexity index is 1040. The molecule has 0 aliphatic heterocycles. The summed E-state index contributed by atoms with van der Waals surface area (Å²) in [5.74, 6) is -0.996. The SMILES string of the molecule is Cc1ccc(-c2oc3cc(C)cc(C)c3c(=O)c2O[C@@H](C)C(=O)O)cc1. The molecule has 1 aromatic heterocycles. The smallest absolute Gasteiger partial charge is 0.344 e. The highest BCUT2D eigenvalue weighted by molar-refractivity contribution is 5.85. The molecule has 0 saturated carbocycles. The molecule has 0 spiro atoms. The van der Waals surface area contributed by atoms with E-state index in [0.717, 1.165) is 16.7 Å². The molecule has 0 bridgehead atoms. The van der Waals surface area contributed by atoms with Crippen LogP contribution in [0.4, 0.5) is 0 Å². The number of hydrogen-bond donors (Lipinski definition) is 1. The third kappa shape index (κ3) is 3.20. The number of carbonyl (C=O) groups is 1. The Morgan fingerprint density at radius 2 is 1.73 bits per heavy atom. The fourth-order valence-electron chi connectivity index (χ4n) is 2.90. The monoisotopic (exact) mass is 352 g/mol. The molecule has 0 saturated heterocycles. The molecule has 3 rings (SSSR count). The zero-order valence-corrected chi connectivity index (χ0v) is 15.1. The van der Waals surface area contributed by atoms with Crippen LogP contribution >= 0.6 is 0 Å². The van der Waals surface area contributed by atoms with Gasteiger partial charge < -0.3 is 14.3 Å². The van der Waals surface area contributed by atoms with E-state index in [1.807, 2.05) is 51.1 Å². The minimum atomic E-state index is -1.18. The minimum Gasteiger partial charge on any atom is -0.479 e. The van der Waals surface area contributed by atoms with Crippen LogP contribution in [0, 0.1) is 20.8 Å². The van der Waals surface area contributed by atoms with E-state index in [1.165, 1.54) is 6.92 Å². The van der Waals surface area contributed by atoms with Gasteiger partial charge in [0.1, 0.15) is 5.58 Å². The van der Waals surface area contributed by atoms with Crippen LogP contribution < -0.4 is 10.2 Å². The Hall–Kier alpha value is -3.08. The van der Waals surface area contributed by atoms with Gasteiger partial charge in [-0.15, -0.1) is 0 Å². The van der Waals surface area contributed by atoms with Crippen molar-refractivity contribution in [1.82, 2.24) is 0 Å². The van der Waals surface area contributed by atoms with Crippen LogP contribution in [0.1, 0.15) is 23.6 Å². The summed E-state index contributed by atoms with van der Waals surface area (Å²) in [4.78, 5) is 24.3. The normalized spacial score (nSPS) is 12.2. The molecule has 0 amide bonds. The first-order valence-electron chi connectivity index (χ1n) is 8.32. The van der Waals surface area contributed by atoms with Gasteiger partial charge in [0.25, 0.3) is 0 Å². The van der Waals surface area contributed by atoms with Crippen molar-refractivity contribution in [1.29, 1.82) is 0 Å². The summed E-state index contributed by atoms with van der Waals surface area (Å²) in [7, 11) is 0. The molecule has 26 heavy (non-hydrogen) atoms. The lowest BCUT2D eigenvalue weighted by molar-refractivity contribution is -0.144. The first kappa shape index (κ1) is 17.7. The van der Waals surface area contributed by atoms with E-state index >= 15 is 0 Å². The number of carboxylic acids is 1. The van der Waals surface area contributed by atoms with Crippen LogP contribution in [-0.2, 0) is 4.79 Å². The van der Waals surface area contributed by atoms with Crippen molar-refractivity contribution in [3.63, 3.8) is 0 Å². The number of hydrogen-bond acceptors (Lipinski definition) is 4. The van der Waals surface area contributed by atoms with Gasteiger partial charge >= 0.3 is 5.97 Å². The Morgan fingerprint density at radius 3 is 2.35 bits per heavy atom. The standard InChI is InChI=1S/C21H20O5/c1-11-5-7-15(8-6-11)19-20(25-14(4)21(23)24)18(22)17-13(3)9-12(2)10-16(17)26-19/h5-10,14H,1-4H3,(H,23,24)/t14-/m0/s1. The van der Waals surface area contributed by atoms with E-state index in [4.69, 9.17) is 9.15 Å². The second-order valence-corrected chi connectivity index (χ2v) is 6.51. The molecule has 0 aliphatic rings. The van der Waals surface area contributed by atoms with Gasteiger partial charge in [0.05, 0.1) is 5.39 Å². The zero-order chi connectivity index (χ0) is 19.0. The highest BCUT2D eigenvalue weighted by atomic mass is 16.5. The zero-order valence-electron chi connectivity index (χ0n) is 15.1. The molecule has 0 fully saturated rings. The third-order valence-corrected chi connectivity index (χ3v) is 4.25. The summed E-state index contributed by atoms with van der Waals surface area (Å²) in [6.45, 7) is 7.08. The highest BCUT2D eigenvalue weighted by Crippen LogP contribution is 2.33. The van der Waals surface area contributed by atoms with Gasteiger partial charge in [0.15, 0.2) is 11.9 Å². The van der Waals surface area contributed by atoms with E-state index in [-0.39, 0.29) is 16.9 Å². The van der Waals surface area contributed by atoms with Gasteiger partial charge in [-0.2, -0.15) is 0 Å². The largest absolute Gasteiger partial charge is 0.479 e. The maximum absolute atomic E-state index is 13.1. The summed E-state index contributed by atoms with van der Waals surface area (Å²) in [6.07, 6.45) is -1.18. The van der Waals surface area contributed by atoms with E-state index in [2.05, 4.69) is 0 Å². The Balaban J connectivity index is 2.34. The van der Waals surface area contributed by atoms with Crippen LogP contribution in [0.5, 0.6) is 5.75 Å². The fourth-order valence-corrected chi connectivity index (χ4v) is 2.90. The number of rotatable bonds is 4. The van der Waals surface area contributed by atoms with Crippen molar-refractivity contribution >= 4 is 16.9 Å². The van der Waals surface area contributed by atoms with Crippen LogP contribution in [0.15, 0.2) is 45.6 Å². The molecule has 3 aromatic rings. The van der Waals surface area contributed by atoms with E-state index < -0.39 is 12.1 Å². The lowest BCUT2D eigenvalue weighted by Gasteiger charge is -2.15. The maximum Gasteiger partial charge on any atom is 0.344 e. The predicted molar refractivity (Wildman–Crippen MR) is 99.9 cm³/mol. The van der Waals surface area contributed by atoms with Crippen molar-refractivity contribution in [2.24, 2.45) is 0 Å². The lowest BCUT2D eigenvalue weighted by Crippen LogP contribution is -2.26. The minimum absolute atomic E-state index is 0.0804. The Labute approximate surface area is 150 Å². The van der Waals surface area contributed by atoms with Crippen molar-refractivity contribution in [3.05, 3.63) is 63.3 Å². The van der Waals surface area contributed by atoms with Crippen molar-refractivity contribution < 1.29 is 19.1 Å². The number of fused-ring (bicyclic) bond motifs is 1. The maximum atomic E-state index is 13.1. The Morgan fingerprint density at radius 1 is 1.08 bits per heavy atom. The van der Waals surface area contributed by atoms with Crippen molar-refractivity contribution in [2.75, 3.05) is 0 Å². The third-order valence-electron chi connectivity index (χ3n) is 4.25. The summed E-state index contributed by atoms with van der Waals surface area (Å²) < 4.78 is 11.5. The average molecular weight is 352 g/mol. The molecule has 1 atom stereocenters. The molecule has 1 heterocycles. The fraction of sp³-hybridized carbons (Fsp3) is 0.238. The number of aliphatic carboxylic acids is 1. The topological polar surface area (TPSA) is 76.7 Å². The summed E-state index contributed by atoms with van der Waals surface area (Å²) in [6, 6.07) is 11.1. The molecule has 2 aromatic carbocycles. The number of aryl methyl sites for hydroxylation is 3. The van der Waals surface area contributed by atoms with Crippen LogP contribution in [0.2, 0.25) is 0 Å². The first-order chi connectivity index (χ1) is 12.3. The molecular formula is C21H20O5. The van der Waals surface area contributed by atoms with E-state index in [1.54, 1.807) is 6.07 Å². The number of ether oxygens (including phenoxy) is 1. The average Bonchev–Trinajstić information content (AvgIpc) is 2.57.